The number of ether oxygens (including phenoxy) is 1. The number of pyridine rings is 1. The zero-order valence-electron chi connectivity index (χ0n) is 20.6. The van der Waals surface area contributed by atoms with Crippen LogP contribution < -0.4 is 15.5 Å². The van der Waals surface area contributed by atoms with Gasteiger partial charge in [0.1, 0.15) is 24.2 Å². The van der Waals surface area contributed by atoms with Crippen molar-refractivity contribution in [1.29, 1.82) is 0 Å². The number of amides is 1. The lowest BCUT2D eigenvalue weighted by atomic mass is 10.0. The standard InChI is InChI=1S/C28H24Cl2N4O3S/c1-16-13-18(7-9-21(16)32-25(35)15-36-2)34-27(26(33-28(34)38)22-5-3-4-12-31-22)24-11-10-23(37-24)19-8-6-17(29)14-20(19)30/h3-14,26-27H,15H2,1-2H3,(H,32,35)(H,33,38)/t26-,27+/m1/s1. The third-order valence-electron chi connectivity index (χ3n) is 6.25. The van der Waals surface area contributed by atoms with E-state index in [2.05, 4.69) is 15.6 Å². The maximum Gasteiger partial charge on any atom is 0.250 e. The average molecular weight is 567 g/mol. The van der Waals surface area contributed by atoms with Gasteiger partial charge >= 0.3 is 0 Å². The monoisotopic (exact) mass is 566 g/mol. The number of aryl methyl sites for hydroxylation is 1. The average Bonchev–Trinajstić information content (AvgIpc) is 3.50. The summed E-state index contributed by atoms with van der Waals surface area (Å²) in [6.07, 6.45) is 1.75. The van der Waals surface area contributed by atoms with Gasteiger partial charge in [0.15, 0.2) is 5.11 Å². The highest BCUT2D eigenvalue weighted by Gasteiger charge is 2.42. The molecule has 0 unspecified atom stereocenters. The molecule has 0 saturated carbocycles. The number of carbonyl (C=O) groups excluding carboxylic acids is 1. The van der Waals surface area contributed by atoms with E-state index in [0.29, 0.717) is 32.4 Å². The minimum atomic E-state index is -0.342. The van der Waals surface area contributed by atoms with E-state index >= 15 is 0 Å². The lowest BCUT2D eigenvalue weighted by molar-refractivity contribution is -0.119. The van der Waals surface area contributed by atoms with E-state index in [9.17, 15) is 4.79 Å². The van der Waals surface area contributed by atoms with Gasteiger partial charge in [-0.3, -0.25) is 9.78 Å². The van der Waals surface area contributed by atoms with Crippen LogP contribution in [0.15, 0.2) is 77.3 Å². The van der Waals surface area contributed by atoms with Crippen molar-refractivity contribution in [3.05, 3.63) is 100.0 Å². The molecule has 1 saturated heterocycles. The third kappa shape index (κ3) is 5.26. The number of rotatable bonds is 7. The van der Waals surface area contributed by atoms with E-state index < -0.39 is 0 Å². The smallest absolute Gasteiger partial charge is 0.250 e. The van der Waals surface area contributed by atoms with Gasteiger partial charge in [0.05, 0.1) is 16.8 Å². The molecule has 3 heterocycles. The van der Waals surface area contributed by atoms with Gasteiger partial charge < -0.3 is 24.7 Å². The number of carbonyl (C=O) groups is 1. The van der Waals surface area contributed by atoms with Gasteiger partial charge in [-0.1, -0.05) is 29.3 Å². The molecule has 2 N–H and O–H groups in total. The zero-order valence-corrected chi connectivity index (χ0v) is 22.9. The Labute approximate surface area is 235 Å². The fraction of sp³-hybridized carbons (Fsp3) is 0.179. The molecular formula is C28H24Cl2N4O3S. The molecule has 2 aromatic heterocycles. The lowest BCUT2D eigenvalue weighted by Crippen LogP contribution is -2.29. The van der Waals surface area contributed by atoms with E-state index in [1.165, 1.54) is 7.11 Å². The Morgan fingerprint density at radius 1 is 1.16 bits per heavy atom. The zero-order chi connectivity index (χ0) is 26.8. The summed E-state index contributed by atoms with van der Waals surface area (Å²) >= 11 is 18.4. The van der Waals surface area contributed by atoms with Crippen molar-refractivity contribution in [3.8, 4) is 11.3 Å². The molecule has 5 rings (SSSR count). The number of methoxy groups -OCH3 is 1. The first kappa shape index (κ1) is 26.2. The summed E-state index contributed by atoms with van der Waals surface area (Å²) < 4.78 is 11.3. The van der Waals surface area contributed by atoms with Crippen LogP contribution in [0.2, 0.25) is 10.0 Å². The van der Waals surface area contributed by atoms with Crippen molar-refractivity contribution in [2.24, 2.45) is 0 Å². The molecule has 38 heavy (non-hydrogen) atoms. The molecule has 1 fully saturated rings. The minimum absolute atomic E-state index is 0.0202. The molecule has 0 bridgehead atoms. The fourth-order valence-electron chi connectivity index (χ4n) is 4.52. The van der Waals surface area contributed by atoms with Gasteiger partial charge in [-0.05, 0) is 85.4 Å². The number of hydrogen-bond donors (Lipinski definition) is 2. The summed E-state index contributed by atoms with van der Waals surface area (Å²) in [5.41, 5.74) is 3.98. The van der Waals surface area contributed by atoms with Crippen LogP contribution in [0.3, 0.4) is 0 Å². The number of nitrogens with zero attached hydrogens (tertiary/aromatic N) is 2. The molecule has 0 aliphatic carbocycles. The molecular weight excluding hydrogens is 543 g/mol. The van der Waals surface area contributed by atoms with Crippen molar-refractivity contribution in [2.45, 2.75) is 19.0 Å². The molecule has 0 spiro atoms. The van der Waals surface area contributed by atoms with Gasteiger partial charge in [-0.25, -0.2) is 0 Å². The highest BCUT2D eigenvalue weighted by atomic mass is 35.5. The molecule has 1 aliphatic heterocycles. The first-order valence-electron chi connectivity index (χ1n) is 11.8. The summed E-state index contributed by atoms with van der Waals surface area (Å²) in [6, 6.07) is 20.0. The van der Waals surface area contributed by atoms with Crippen molar-refractivity contribution < 1.29 is 13.9 Å². The molecule has 1 amide bonds. The van der Waals surface area contributed by atoms with E-state index in [4.69, 9.17) is 44.6 Å². The van der Waals surface area contributed by atoms with E-state index in [1.807, 2.05) is 66.4 Å². The van der Waals surface area contributed by atoms with Crippen LogP contribution in [0.4, 0.5) is 11.4 Å². The Balaban J connectivity index is 1.55. The molecule has 7 nitrogen and oxygen atoms in total. The van der Waals surface area contributed by atoms with Gasteiger partial charge in [0, 0.05) is 35.3 Å². The van der Waals surface area contributed by atoms with Crippen molar-refractivity contribution in [3.63, 3.8) is 0 Å². The molecule has 2 atom stereocenters. The number of thiocarbonyl (C=S) groups is 1. The van der Waals surface area contributed by atoms with Gasteiger partial charge in [-0.15, -0.1) is 0 Å². The number of benzene rings is 2. The van der Waals surface area contributed by atoms with E-state index in [1.54, 1.807) is 18.3 Å². The normalized spacial score (nSPS) is 16.9. The van der Waals surface area contributed by atoms with Crippen LogP contribution in [0, 0.1) is 6.92 Å². The SMILES string of the molecule is COCC(=O)Nc1ccc(N2C(=S)N[C@H](c3ccccn3)[C@@H]2c2ccc(-c3ccc(Cl)cc3Cl)o2)cc1C. The Bertz CT molecular complexity index is 1490. The van der Waals surface area contributed by atoms with Crippen LogP contribution >= 0.6 is 35.4 Å². The van der Waals surface area contributed by atoms with Crippen molar-refractivity contribution >= 4 is 57.8 Å². The number of halogens is 2. The van der Waals surface area contributed by atoms with Crippen molar-refractivity contribution in [2.75, 3.05) is 23.9 Å². The second kappa shape index (κ2) is 11.1. The maximum atomic E-state index is 12.0. The van der Waals surface area contributed by atoms with Crippen LogP contribution in [0.25, 0.3) is 11.3 Å². The highest BCUT2D eigenvalue weighted by molar-refractivity contribution is 7.80. The third-order valence-corrected chi connectivity index (χ3v) is 7.11. The summed E-state index contributed by atoms with van der Waals surface area (Å²) in [7, 11) is 1.48. The Hall–Kier alpha value is -3.43. The number of hydrogen-bond acceptors (Lipinski definition) is 5. The lowest BCUT2D eigenvalue weighted by Gasteiger charge is -2.27. The predicted octanol–water partition coefficient (Wildman–Crippen LogP) is 6.72. The number of aromatic nitrogens is 1. The Kier molecular flexibility index (Phi) is 7.67. The van der Waals surface area contributed by atoms with Gasteiger partial charge in [0.2, 0.25) is 5.91 Å². The van der Waals surface area contributed by atoms with Crippen LogP contribution in [0.5, 0.6) is 0 Å². The minimum Gasteiger partial charge on any atom is -0.459 e. The maximum absolute atomic E-state index is 12.0. The first-order valence-corrected chi connectivity index (χ1v) is 13.0. The topological polar surface area (TPSA) is 79.6 Å². The van der Waals surface area contributed by atoms with Crippen LogP contribution in [-0.4, -0.2) is 29.7 Å². The second-order valence-electron chi connectivity index (χ2n) is 8.80. The molecule has 10 heteroatoms. The van der Waals surface area contributed by atoms with E-state index in [0.717, 1.165) is 22.5 Å². The summed E-state index contributed by atoms with van der Waals surface area (Å²) in [5.74, 6) is 1.08. The van der Waals surface area contributed by atoms with Crippen LogP contribution in [0.1, 0.15) is 29.1 Å². The summed E-state index contributed by atoms with van der Waals surface area (Å²) in [4.78, 5) is 18.6. The predicted molar refractivity (Wildman–Crippen MR) is 154 cm³/mol. The molecule has 194 valence electrons. The second-order valence-corrected chi connectivity index (χ2v) is 10.0. The molecule has 2 aromatic carbocycles. The molecule has 4 aromatic rings. The quantitative estimate of drug-likeness (QED) is 0.240. The highest BCUT2D eigenvalue weighted by Crippen LogP contribution is 2.44. The first-order chi connectivity index (χ1) is 18.4. The Morgan fingerprint density at radius 2 is 2.00 bits per heavy atom. The number of nitrogens with one attached hydrogen (secondary N) is 2. The molecule has 1 aliphatic rings. The van der Waals surface area contributed by atoms with Gasteiger partial charge in [0.25, 0.3) is 0 Å². The number of anilines is 2. The summed E-state index contributed by atoms with van der Waals surface area (Å²) in [5, 5.41) is 7.87. The van der Waals surface area contributed by atoms with E-state index in [-0.39, 0.29) is 24.6 Å². The molecule has 0 radical (unpaired) electrons. The van der Waals surface area contributed by atoms with Gasteiger partial charge in [-0.2, -0.15) is 0 Å². The number of furan rings is 1. The summed E-state index contributed by atoms with van der Waals surface area (Å²) in [6.45, 7) is 1.91. The fourth-order valence-corrected chi connectivity index (χ4v) is 5.37. The Morgan fingerprint density at radius 3 is 2.71 bits per heavy atom. The van der Waals surface area contributed by atoms with Crippen molar-refractivity contribution in [1.82, 2.24) is 10.3 Å². The largest absolute Gasteiger partial charge is 0.459 e. The van der Waals surface area contributed by atoms with Crippen LogP contribution in [-0.2, 0) is 9.53 Å².